The molecule has 0 saturated carbocycles. The monoisotopic (exact) mass is 186 g/mol. The summed E-state index contributed by atoms with van der Waals surface area (Å²) in [6, 6.07) is 0. The van der Waals surface area contributed by atoms with E-state index in [1.807, 2.05) is 13.8 Å². The van der Waals surface area contributed by atoms with Crippen LogP contribution < -0.4 is 11.1 Å². The molecule has 0 aliphatic rings. The number of carbonyl (C=O) groups excluding carboxylic acids is 1. The molecule has 0 bridgehead atoms. The lowest BCUT2D eigenvalue weighted by molar-refractivity contribution is -0.122. The number of hydrogen-bond donors (Lipinski definition) is 2. The Balaban J connectivity index is 3.64. The number of rotatable bonds is 5. The van der Waals surface area contributed by atoms with Gasteiger partial charge < -0.3 is 11.1 Å². The van der Waals surface area contributed by atoms with Crippen LogP contribution in [0.5, 0.6) is 0 Å². The van der Waals surface area contributed by atoms with Crippen molar-refractivity contribution < 1.29 is 4.79 Å². The first-order valence-electron chi connectivity index (χ1n) is 4.90. The molecule has 0 aliphatic heterocycles. The first kappa shape index (κ1) is 12.4. The Morgan fingerprint density at radius 2 is 2.08 bits per heavy atom. The highest BCUT2D eigenvalue weighted by Gasteiger charge is 2.16. The summed E-state index contributed by atoms with van der Waals surface area (Å²) in [6.45, 7) is 8.70. The van der Waals surface area contributed by atoms with Crippen LogP contribution in [0, 0.1) is 5.92 Å². The van der Waals surface area contributed by atoms with Crippen molar-refractivity contribution in [1.29, 1.82) is 0 Å². The molecule has 1 amide bonds. The Hall–Kier alpha value is -0.570. The number of hydrogen-bond acceptors (Lipinski definition) is 2. The molecule has 0 radical (unpaired) electrons. The third kappa shape index (κ3) is 7.78. The van der Waals surface area contributed by atoms with Crippen molar-refractivity contribution in [3.8, 4) is 0 Å². The van der Waals surface area contributed by atoms with E-state index in [0.29, 0.717) is 12.3 Å². The maximum absolute atomic E-state index is 11.3. The van der Waals surface area contributed by atoms with Crippen molar-refractivity contribution in [1.82, 2.24) is 5.32 Å². The molecule has 1 atom stereocenters. The maximum Gasteiger partial charge on any atom is 0.221 e. The van der Waals surface area contributed by atoms with Crippen molar-refractivity contribution in [3.05, 3.63) is 0 Å². The lowest BCUT2D eigenvalue weighted by atomic mass is 10.0. The Morgan fingerprint density at radius 3 is 2.46 bits per heavy atom. The summed E-state index contributed by atoms with van der Waals surface area (Å²) in [5.41, 5.74) is 5.31. The van der Waals surface area contributed by atoms with E-state index in [-0.39, 0.29) is 5.91 Å². The molecule has 0 aromatic carbocycles. The zero-order valence-corrected chi connectivity index (χ0v) is 9.18. The third-order valence-corrected chi connectivity index (χ3v) is 1.96. The van der Waals surface area contributed by atoms with Crippen LogP contribution in [0.15, 0.2) is 0 Å². The van der Waals surface area contributed by atoms with Gasteiger partial charge in [-0.3, -0.25) is 4.79 Å². The van der Waals surface area contributed by atoms with Crippen LogP contribution in [0.1, 0.15) is 40.5 Å². The summed E-state index contributed by atoms with van der Waals surface area (Å²) in [5, 5.41) is 2.87. The fraction of sp³-hybridized carbons (Fsp3) is 0.900. The lowest BCUT2D eigenvalue weighted by Gasteiger charge is -2.18. The first-order valence-corrected chi connectivity index (χ1v) is 4.90. The van der Waals surface area contributed by atoms with Gasteiger partial charge in [0.05, 0.1) is 0 Å². The van der Waals surface area contributed by atoms with Crippen molar-refractivity contribution in [2.24, 2.45) is 11.7 Å². The van der Waals surface area contributed by atoms with Gasteiger partial charge in [0.25, 0.3) is 0 Å². The number of nitrogens with two attached hydrogens (primary N) is 1. The highest BCUT2D eigenvalue weighted by Crippen LogP contribution is 2.03. The van der Waals surface area contributed by atoms with Gasteiger partial charge in [0, 0.05) is 18.5 Å². The summed E-state index contributed by atoms with van der Waals surface area (Å²) >= 11 is 0. The molecule has 0 saturated heterocycles. The van der Waals surface area contributed by atoms with Gasteiger partial charge in [-0.1, -0.05) is 20.3 Å². The Kier molecular flexibility index (Phi) is 4.99. The standard InChI is InChI=1S/C10H22N2O/c1-5-8(2)7-12-9(13)6-10(3,4)11/h8H,5-7,11H2,1-4H3,(H,12,13). The van der Waals surface area contributed by atoms with Crippen LogP contribution in [0.25, 0.3) is 0 Å². The minimum absolute atomic E-state index is 0.0489. The van der Waals surface area contributed by atoms with Crippen molar-refractivity contribution in [2.75, 3.05) is 6.54 Å². The van der Waals surface area contributed by atoms with Crippen LogP contribution in [0.3, 0.4) is 0 Å². The average Bonchev–Trinajstić information content (AvgIpc) is 1.97. The SMILES string of the molecule is CCC(C)CNC(=O)CC(C)(C)N. The molecule has 78 valence electrons. The normalized spacial score (nSPS) is 13.9. The van der Waals surface area contributed by atoms with E-state index in [0.717, 1.165) is 13.0 Å². The highest BCUT2D eigenvalue weighted by molar-refractivity contribution is 5.77. The molecule has 13 heavy (non-hydrogen) atoms. The molecule has 0 heterocycles. The quantitative estimate of drug-likeness (QED) is 0.679. The molecule has 3 heteroatoms. The van der Waals surface area contributed by atoms with Gasteiger partial charge in [-0.25, -0.2) is 0 Å². The van der Waals surface area contributed by atoms with Crippen LogP contribution in [-0.4, -0.2) is 18.0 Å². The maximum atomic E-state index is 11.3. The molecular weight excluding hydrogens is 164 g/mol. The molecule has 0 rings (SSSR count). The van der Waals surface area contributed by atoms with Gasteiger partial charge >= 0.3 is 0 Å². The van der Waals surface area contributed by atoms with Gasteiger partial charge in [0.1, 0.15) is 0 Å². The average molecular weight is 186 g/mol. The minimum Gasteiger partial charge on any atom is -0.356 e. The van der Waals surface area contributed by atoms with Gasteiger partial charge in [0.15, 0.2) is 0 Å². The molecular formula is C10H22N2O. The zero-order valence-electron chi connectivity index (χ0n) is 9.18. The van der Waals surface area contributed by atoms with Crippen LogP contribution in [0.2, 0.25) is 0 Å². The topological polar surface area (TPSA) is 55.1 Å². The molecule has 3 N–H and O–H groups in total. The molecule has 0 fully saturated rings. The Bertz CT molecular complexity index is 161. The van der Waals surface area contributed by atoms with E-state index in [2.05, 4.69) is 19.2 Å². The lowest BCUT2D eigenvalue weighted by Crippen LogP contribution is -2.40. The molecule has 3 nitrogen and oxygen atoms in total. The van der Waals surface area contributed by atoms with Gasteiger partial charge in [-0.15, -0.1) is 0 Å². The van der Waals surface area contributed by atoms with Gasteiger partial charge in [0.2, 0.25) is 5.91 Å². The van der Waals surface area contributed by atoms with Crippen molar-refractivity contribution in [3.63, 3.8) is 0 Å². The largest absolute Gasteiger partial charge is 0.356 e. The minimum atomic E-state index is -0.403. The molecule has 0 aromatic rings. The fourth-order valence-electron chi connectivity index (χ4n) is 0.909. The summed E-state index contributed by atoms with van der Waals surface area (Å²) in [7, 11) is 0. The first-order chi connectivity index (χ1) is 5.85. The third-order valence-electron chi connectivity index (χ3n) is 1.96. The molecule has 1 unspecified atom stereocenters. The smallest absolute Gasteiger partial charge is 0.221 e. The molecule has 0 aromatic heterocycles. The van der Waals surface area contributed by atoms with E-state index in [4.69, 9.17) is 5.73 Å². The predicted octanol–water partition coefficient (Wildman–Crippen LogP) is 1.28. The summed E-state index contributed by atoms with van der Waals surface area (Å²) in [4.78, 5) is 11.3. The van der Waals surface area contributed by atoms with E-state index in [1.54, 1.807) is 0 Å². The zero-order chi connectivity index (χ0) is 10.5. The van der Waals surface area contributed by atoms with E-state index >= 15 is 0 Å². The second-order valence-electron chi connectivity index (χ2n) is 4.48. The molecule has 0 spiro atoms. The van der Waals surface area contributed by atoms with Crippen LogP contribution in [0.4, 0.5) is 0 Å². The second-order valence-corrected chi connectivity index (χ2v) is 4.48. The predicted molar refractivity (Wildman–Crippen MR) is 55.3 cm³/mol. The van der Waals surface area contributed by atoms with Gasteiger partial charge in [-0.2, -0.15) is 0 Å². The van der Waals surface area contributed by atoms with E-state index in [1.165, 1.54) is 0 Å². The fourth-order valence-corrected chi connectivity index (χ4v) is 0.909. The van der Waals surface area contributed by atoms with Gasteiger partial charge in [-0.05, 0) is 19.8 Å². The number of amides is 1. The highest BCUT2D eigenvalue weighted by atomic mass is 16.1. The van der Waals surface area contributed by atoms with Crippen molar-refractivity contribution in [2.45, 2.75) is 46.1 Å². The second kappa shape index (κ2) is 5.22. The number of nitrogens with one attached hydrogen (secondary N) is 1. The number of carbonyl (C=O) groups is 1. The summed E-state index contributed by atoms with van der Waals surface area (Å²) < 4.78 is 0. The Labute approximate surface area is 81.1 Å². The summed E-state index contributed by atoms with van der Waals surface area (Å²) in [5.74, 6) is 0.595. The van der Waals surface area contributed by atoms with Crippen LogP contribution in [-0.2, 0) is 4.79 Å². The summed E-state index contributed by atoms with van der Waals surface area (Å²) in [6.07, 6.45) is 1.48. The Morgan fingerprint density at radius 1 is 1.54 bits per heavy atom. The van der Waals surface area contributed by atoms with Crippen molar-refractivity contribution >= 4 is 5.91 Å². The molecule has 0 aliphatic carbocycles. The van der Waals surface area contributed by atoms with Crippen LogP contribution >= 0.6 is 0 Å². The van der Waals surface area contributed by atoms with E-state index < -0.39 is 5.54 Å². The van der Waals surface area contributed by atoms with E-state index in [9.17, 15) is 4.79 Å².